The van der Waals surface area contributed by atoms with E-state index >= 15 is 0 Å². The van der Waals surface area contributed by atoms with Gasteiger partial charge in [0.25, 0.3) is 0 Å². The summed E-state index contributed by atoms with van der Waals surface area (Å²) in [5.74, 6) is 0. The Kier molecular flexibility index (Phi) is 9.57. The van der Waals surface area contributed by atoms with Crippen molar-refractivity contribution in [2.75, 3.05) is 4.90 Å². The van der Waals surface area contributed by atoms with Crippen LogP contribution in [0.5, 0.6) is 0 Å². The largest absolute Gasteiger partial charge is 0.311 e. The van der Waals surface area contributed by atoms with Gasteiger partial charge in [0, 0.05) is 33.5 Å². The van der Waals surface area contributed by atoms with E-state index in [0.29, 0.717) is 0 Å². The van der Waals surface area contributed by atoms with Crippen molar-refractivity contribution < 1.29 is 0 Å². The van der Waals surface area contributed by atoms with Crippen LogP contribution in [0, 0.1) is 0 Å². The molecule has 10 aromatic carbocycles. The maximum atomic E-state index is 2.38. The fourth-order valence-corrected chi connectivity index (χ4v) is 8.84. The second-order valence-electron chi connectivity index (χ2n) is 15.8. The average molecular weight is 791 g/mol. The summed E-state index contributed by atoms with van der Waals surface area (Å²) in [5.41, 5.74) is 19.0. The van der Waals surface area contributed by atoms with Crippen molar-refractivity contribution in [3.63, 3.8) is 0 Å². The Bertz CT molecular complexity index is 3260. The highest BCUT2D eigenvalue weighted by Gasteiger charge is 2.15. The smallest absolute Gasteiger partial charge is 0.0541 e. The number of nitrogens with zero attached hydrogens (tertiary/aromatic N) is 2. The van der Waals surface area contributed by atoms with Crippen LogP contribution in [0.15, 0.2) is 255 Å². The Morgan fingerprint density at radius 1 is 0.226 bits per heavy atom. The van der Waals surface area contributed by atoms with Crippen LogP contribution in [0.1, 0.15) is 0 Å². The molecule has 0 aliphatic rings. The number of anilines is 3. The predicted molar refractivity (Wildman–Crippen MR) is 263 cm³/mol. The second-order valence-corrected chi connectivity index (χ2v) is 15.8. The third kappa shape index (κ3) is 7.04. The van der Waals surface area contributed by atoms with Crippen molar-refractivity contribution >= 4 is 38.9 Å². The lowest BCUT2D eigenvalue weighted by atomic mass is 9.97. The summed E-state index contributed by atoms with van der Waals surface area (Å²) in [4.78, 5) is 2.31. The Hall–Kier alpha value is -8.20. The number of aromatic nitrogens is 1. The molecule has 0 amide bonds. The normalized spacial score (nSPS) is 11.2. The first-order chi connectivity index (χ1) is 30.7. The molecule has 0 aliphatic carbocycles. The van der Waals surface area contributed by atoms with E-state index in [4.69, 9.17) is 0 Å². The minimum Gasteiger partial charge on any atom is -0.311 e. The molecule has 11 rings (SSSR count). The molecule has 0 N–H and O–H groups in total. The van der Waals surface area contributed by atoms with Crippen LogP contribution in [-0.4, -0.2) is 4.57 Å². The van der Waals surface area contributed by atoms with Crippen LogP contribution in [-0.2, 0) is 0 Å². The van der Waals surface area contributed by atoms with Gasteiger partial charge in [-0.15, -0.1) is 0 Å². The zero-order valence-corrected chi connectivity index (χ0v) is 34.1. The molecule has 0 spiro atoms. The van der Waals surface area contributed by atoms with E-state index in [-0.39, 0.29) is 0 Å². The van der Waals surface area contributed by atoms with Gasteiger partial charge in [0.2, 0.25) is 0 Å². The molecule has 0 bridgehead atoms. The molecule has 292 valence electrons. The van der Waals surface area contributed by atoms with E-state index in [1.807, 2.05) is 0 Å². The van der Waals surface area contributed by atoms with Crippen molar-refractivity contribution in [1.82, 2.24) is 4.57 Å². The van der Waals surface area contributed by atoms with E-state index in [0.717, 1.165) is 22.7 Å². The number of benzene rings is 10. The molecule has 1 heterocycles. The van der Waals surface area contributed by atoms with E-state index < -0.39 is 0 Å². The minimum atomic E-state index is 1.11. The van der Waals surface area contributed by atoms with Gasteiger partial charge in [-0.1, -0.05) is 188 Å². The molecule has 11 aromatic rings. The lowest BCUT2D eigenvalue weighted by molar-refractivity contribution is 1.18. The highest BCUT2D eigenvalue weighted by atomic mass is 15.1. The molecule has 0 saturated heterocycles. The fourth-order valence-electron chi connectivity index (χ4n) is 8.84. The van der Waals surface area contributed by atoms with E-state index in [9.17, 15) is 0 Å². The van der Waals surface area contributed by atoms with Crippen molar-refractivity contribution in [3.05, 3.63) is 255 Å². The Morgan fingerprint density at radius 3 is 1.03 bits per heavy atom. The van der Waals surface area contributed by atoms with E-state index in [2.05, 4.69) is 264 Å². The average Bonchev–Trinajstić information content (AvgIpc) is 3.69. The highest BCUT2D eigenvalue weighted by Crippen LogP contribution is 2.38. The van der Waals surface area contributed by atoms with Crippen LogP contribution in [0.3, 0.4) is 0 Å². The molecular weight excluding hydrogens is 749 g/mol. The molecule has 2 heteroatoms. The maximum absolute atomic E-state index is 2.38. The maximum Gasteiger partial charge on any atom is 0.0541 e. The van der Waals surface area contributed by atoms with Gasteiger partial charge in [-0.25, -0.2) is 0 Å². The van der Waals surface area contributed by atoms with E-state index in [1.54, 1.807) is 0 Å². The molecule has 0 unspecified atom stereocenters. The zero-order valence-electron chi connectivity index (χ0n) is 34.1. The summed E-state index contributed by atoms with van der Waals surface area (Å²) in [6.07, 6.45) is 0. The van der Waals surface area contributed by atoms with Gasteiger partial charge in [-0.05, 0) is 122 Å². The first-order valence-corrected chi connectivity index (χ1v) is 21.2. The topological polar surface area (TPSA) is 8.17 Å². The quantitative estimate of drug-likeness (QED) is 0.141. The number of hydrogen-bond donors (Lipinski definition) is 0. The second kappa shape index (κ2) is 16.1. The number of fused-ring (bicyclic) bond motifs is 3. The molecule has 0 saturated carbocycles. The van der Waals surface area contributed by atoms with Crippen LogP contribution < -0.4 is 4.90 Å². The zero-order chi connectivity index (χ0) is 41.2. The first-order valence-electron chi connectivity index (χ1n) is 21.2. The van der Waals surface area contributed by atoms with Crippen molar-refractivity contribution in [1.29, 1.82) is 0 Å². The fraction of sp³-hybridized carbons (Fsp3) is 0. The van der Waals surface area contributed by atoms with Crippen molar-refractivity contribution in [2.45, 2.75) is 0 Å². The Morgan fingerprint density at radius 2 is 0.548 bits per heavy atom. The number of rotatable bonds is 9. The van der Waals surface area contributed by atoms with Crippen molar-refractivity contribution in [2.24, 2.45) is 0 Å². The van der Waals surface area contributed by atoms with E-state index in [1.165, 1.54) is 77.4 Å². The van der Waals surface area contributed by atoms with Gasteiger partial charge in [-0.3, -0.25) is 0 Å². The molecule has 1 aromatic heterocycles. The summed E-state index contributed by atoms with van der Waals surface area (Å²) in [6.45, 7) is 0. The summed E-state index contributed by atoms with van der Waals surface area (Å²) in [7, 11) is 0. The molecular formula is C60H42N2. The summed E-state index contributed by atoms with van der Waals surface area (Å²) >= 11 is 0. The molecule has 2 nitrogen and oxygen atoms in total. The number of hydrogen-bond acceptors (Lipinski definition) is 1. The van der Waals surface area contributed by atoms with Crippen LogP contribution in [0.2, 0.25) is 0 Å². The van der Waals surface area contributed by atoms with Gasteiger partial charge >= 0.3 is 0 Å². The monoisotopic (exact) mass is 790 g/mol. The molecule has 0 fully saturated rings. The van der Waals surface area contributed by atoms with Gasteiger partial charge < -0.3 is 9.47 Å². The minimum absolute atomic E-state index is 1.11. The standard InChI is InChI=1S/C60H42N2/c1-4-12-43(13-5-1)48-28-35-54(36-29-48)61(53-16-8-3-9-17-53)55-37-30-50(31-38-55)47-22-20-45(21-23-47)46-24-26-51(27-25-46)52-34-41-60-58(42-52)57-18-10-11-19-59(57)62(60)56-39-32-49(33-40-56)44-14-6-2-7-15-44/h1-42H. The molecule has 62 heavy (non-hydrogen) atoms. The molecule has 0 atom stereocenters. The first kappa shape index (κ1) is 36.8. The lowest BCUT2D eigenvalue weighted by Crippen LogP contribution is -2.09. The summed E-state index contributed by atoms with van der Waals surface area (Å²) in [5, 5.41) is 2.51. The van der Waals surface area contributed by atoms with Gasteiger partial charge in [0.05, 0.1) is 11.0 Å². The van der Waals surface area contributed by atoms with Crippen LogP contribution >= 0.6 is 0 Å². The third-order valence-corrected chi connectivity index (χ3v) is 12.0. The Labute approximate surface area is 362 Å². The SMILES string of the molecule is c1ccc(-c2ccc(N(c3ccccc3)c3ccc(-c4ccc(-c5ccc(-c6ccc7c(c6)c6ccccc6n7-c6ccc(-c7ccccc7)cc6)cc5)cc4)cc3)cc2)cc1. The Balaban J connectivity index is 0.830. The molecule has 0 aliphatic heterocycles. The van der Waals surface area contributed by atoms with Gasteiger partial charge in [0.15, 0.2) is 0 Å². The third-order valence-electron chi connectivity index (χ3n) is 12.0. The molecule has 0 radical (unpaired) electrons. The van der Waals surface area contributed by atoms with Gasteiger partial charge in [-0.2, -0.15) is 0 Å². The van der Waals surface area contributed by atoms with Crippen LogP contribution in [0.25, 0.3) is 83.1 Å². The summed E-state index contributed by atoms with van der Waals surface area (Å²) in [6, 6.07) is 91.8. The highest BCUT2D eigenvalue weighted by molar-refractivity contribution is 6.10. The van der Waals surface area contributed by atoms with Crippen LogP contribution in [0.4, 0.5) is 17.1 Å². The predicted octanol–water partition coefficient (Wildman–Crippen LogP) is 16.6. The lowest BCUT2D eigenvalue weighted by Gasteiger charge is -2.26. The number of para-hydroxylation sites is 2. The van der Waals surface area contributed by atoms with Crippen molar-refractivity contribution in [3.8, 4) is 61.3 Å². The summed E-state index contributed by atoms with van der Waals surface area (Å²) < 4.78 is 2.38. The van der Waals surface area contributed by atoms with Gasteiger partial charge in [0.1, 0.15) is 0 Å².